The maximum atomic E-state index is 15.1. The van der Waals surface area contributed by atoms with E-state index in [1.807, 2.05) is 18.2 Å². The van der Waals surface area contributed by atoms with Gasteiger partial charge in [-0.05, 0) is 85.0 Å². The molecule has 4 aromatic rings. The summed E-state index contributed by atoms with van der Waals surface area (Å²) in [6, 6.07) is 14.2. The van der Waals surface area contributed by atoms with Crippen molar-refractivity contribution in [3.8, 4) is 11.5 Å². The van der Waals surface area contributed by atoms with Gasteiger partial charge in [0, 0.05) is 23.6 Å². The van der Waals surface area contributed by atoms with Gasteiger partial charge in [-0.25, -0.2) is 8.78 Å². The minimum absolute atomic E-state index is 0.0669. The number of aromatic nitrogens is 1. The second kappa shape index (κ2) is 14.5. The third-order valence-corrected chi connectivity index (χ3v) is 7.07. The van der Waals surface area contributed by atoms with E-state index in [4.69, 9.17) is 26.2 Å². The Hall–Kier alpha value is -4.63. The molecule has 0 atom stereocenters. The summed E-state index contributed by atoms with van der Waals surface area (Å²) in [5.41, 5.74) is 3.15. The van der Waals surface area contributed by atoms with Crippen LogP contribution in [-0.2, 0) is 22.6 Å². The SMILES string of the molecule is Cc1c(CCCC(=O)O)c2c(F)ccc(/C=C/c3ccc(OC/C=C/COc4cc(F)ccc4Cl)cc3)c2n1CC(=O)O. The van der Waals surface area contributed by atoms with Crippen molar-refractivity contribution in [3.63, 3.8) is 0 Å². The highest BCUT2D eigenvalue weighted by molar-refractivity contribution is 6.32. The highest BCUT2D eigenvalue weighted by Gasteiger charge is 2.21. The summed E-state index contributed by atoms with van der Waals surface area (Å²) in [4.78, 5) is 22.7. The number of halogens is 3. The van der Waals surface area contributed by atoms with Crippen LogP contribution in [0.3, 0.4) is 0 Å². The minimum atomic E-state index is -1.06. The van der Waals surface area contributed by atoms with E-state index in [1.165, 1.54) is 24.3 Å². The van der Waals surface area contributed by atoms with Crippen molar-refractivity contribution >= 4 is 46.6 Å². The lowest BCUT2D eigenvalue weighted by Gasteiger charge is -2.08. The number of nitrogens with zero attached hydrogens (tertiary/aromatic N) is 1. The van der Waals surface area contributed by atoms with Crippen LogP contribution in [0, 0.1) is 18.6 Å². The average Bonchev–Trinajstić information content (AvgIpc) is 3.24. The molecule has 4 rings (SSSR count). The van der Waals surface area contributed by atoms with E-state index in [0.29, 0.717) is 51.3 Å². The Kier molecular flexibility index (Phi) is 10.6. The molecule has 0 bridgehead atoms. The molecule has 1 heterocycles. The van der Waals surface area contributed by atoms with Crippen LogP contribution in [0.1, 0.15) is 35.2 Å². The number of fused-ring (bicyclic) bond motifs is 1. The molecule has 2 N–H and O–H groups in total. The van der Waals surface area contributed by atoms with Crippen molar-refractivity contribution in [2.45, 2.75) is 32.7 Å². The second-order valence-corrected chi connectivity index (χ2v) is 10.1. The lowest BCUT2D eigenvalue weighted by atomic mass is 10.0. The number of aliphatic carboxylic acids is 2. The molecule has 0 fully saturated rings. The molecular formula is C33H30ClF2NO6. The van der Waals surface area contributed by atoms with Crippen LogP contribution in [0.25, 0.3) is 23.1 Å². The Morgan fingerprint density at radius 1 is 0.930 bits per heavy atom. The van der Waals surface area contributed by atoms with Gasteiger partial charge in [-0.2, -0.15) is 0 Å². The van der Waals surface area contributed by atoms with Crippen LogP contribution >= 0.6 is 11.6 Å². The summed E-state index contributed by atoms with van der Waals surface area (Å²) in [6.45, 7) is 1.87. The molecule has 224 valence electrons. The zero-order valence-corrected chi connectivity index (χ0v) is 24.1. The largest absolute Gasteiger partial charge is 0.490 e. The van der Waals surface area contributed by atoms with Gasteiger partial charge in [0.25, 0.3) is 0 Å². The lowest BCUT2D eigenvalue weighted by molar-refractivity contribution is -0.138. The van der Waals surface area contributed by atoms with Gasteiger partial charge in [-0.3, -0.25) is 9.59 Å². The number of carboxylic acids is 2. The van der Waals surface area contributed by atoms with E-state index >= 15 is 4.39 Å². The quantitative estimate of drug-likeness (QED) is 0.113. The van der Waals surface area contributed by atoms with Gasteiger partial charge in [0.1, 0.15) is 42.9 Å². The molecule has 7 nitrogen and oxygen atoms in total. The molecule has 0 aliphatic carbocycles. The molecule has 43 heavy (non-hydrogen) atoms. The number of ether oxygens (including phenoxy) is 2. The maximum absolute atomic E-state index is 15.1. The van der Waals surface area contributed by atoms with Crippen molar-refractivity contribution in [2.75, 3.05) is 13.2 Å². The van der Waals surface area contributed by atoms with E-state index in [1.54, 1.807) is 47.9 Å². The monoisotopic (exact) mass is 609 g/mol. The van der Waals surface area contributed by atoms with Crippen LogP contribution in [0.5, 0.6) is 11.5 Å². The third-order valence-electron chi connectivity index (χ3n) is 6.76. The standard InChI is InChI=1S/C33H30ClF2NO6/c1-21-26(5-4-6-30(38)39)32-28(36)16-11-23(33(32)37(21)20-31(40)41)10-7-22-8-13-25(14-9-22)42-17-2-3-18-43-29-19-24(35)12-15-27(29)34/h2-3,7-16,19H,4-6,17-18,20H2,1H3,(H,38,39)(H,40,41)/b3-2+,10-7+. The van der Waals surface area contributed by atoms with Gasteiger partial charge >= 0.3 is 11.9 Å². The van der Waals surface area contributed by atoms with E-state index in [9.17, 15) is 19.1 Å². The Labute approximate surface area is 252 Å². The third kappa shape index (κ3) is 8.23. The molecule has 0 spiro atoms. The van der Waals surface area contributed by atoms with Gasteiger partial charge in [0.2, 0.25) is 0 Å². The molecule has 0 radical (unpaired) electrons. The van der Waals surface area contributed by atoms with Crippen molar-refractivity contribution in [1.29, 1.82) is 0 Å². The summed E-state index contributed by atoms with van der Waals surface area (Å²) in [7, 11) is 0. The predicted molar refractivity (Wildman–Crippen MR) is 162 cm³/mol. The Balaban J connectivity index is 1.44. The summed E-state index contributed by atoms with van der Waals surface area (Å²) >= 11 is 5.98. The summed E-state index contributed by atoms with van der Waals surface area (Å²) in [5, 5.41) is 19.2. The summed E-state index contributed by atoms with van der Waals surface area (Å²) in [5.74, 6) is -2.02. The Bertz CT molecular complexity index is 1680. The molecule has 10 heteroatoms. The van der Waals surface area contributed by atoms with Crippen molar-refractivity contribution in [2.24, 2.45) is 0 Å². The first-order chi connectivity index (χ1) is 20.6. The van der Waals surface area contributed by atoms with Crippen LogP contribution < -0.4 is 9.47 Å². The number of carbonyl (C=O) groups is 2. The molecule has 0 amide bonds. The number of aryl methyl sites for hydroxylation is 1. The number of carboxylic acid groups (broad SMARTS) is 2. The lowest BCUT2D eigenvalue weighted by Crippen LogP contribution is -2.10. The van der Waals surface area contributed by atoms with Gasteiger partial charge in [0.15, 0.2) is 0 Å². The van der Waals surface area contributed by atoms with Crippen LogP contribution in [-0.4, -0.2) is 39.9 Å². The van der Waals surface area contributed by atoms with Crippen molar-refractivity contribution in [1.82, 2.24) is 4.57 Å². The van der Waals surface area contributed by atoms with E-state index in [-0.39, 0.29) is 31.9 Å². The number of rotatable bonds is 14. The molecule has 1 aromatic heterocycles. The normalized spacial score (nSPS) is 11.5. The first-order valence-corrected chi connectivity index (χ1v) is 13.9. The first-order valence-electron chi connectivity index (χ1n) is 13.5. The van der Waals surface area contributed by atoms with Crippen LogP contribution in [0.15, 0.2) is 66.7 Å². The Morgan fingerprint density at radius 3 is 2.35 bits per heavy atom. The highest BCUT2D eigenvalue weighted by Crippen LogP contribution is 2.33. The molecule has 3 aromatic carbocycles. The molecule has 0 aliphatic rings. The summed E-state index contributed by atoms with van der Waals surface area (Å²) in [6.07, 6.45) is 7.70. The van der Waals surface area contributed by atoms with Gasteiger partial charge in [-0.1, -0.05) is 35.9 Å². The fourth-order valence-electron chi connectivity index (χ4n) is 4.73. The zero-order valence-electron chi connectivity index (χ0n) is 23.4. The number of benzene rings is 3. The summed E-state index contributed by atoms with van der Waals surface area (Å²) < 4.78 is 41.1. The van der Waals surface area contributed by atoms with E-state index in [2.05, 4.69) is 0 Å². The molecule has 0 aliphatic heterocycles. The molecule has 0 saturated carbocycles. The second-order valence-electron chi connectivity index (χ2n) is 9.72. The fourth-order valence-corrected chi connectivity index (χ4v) is 4.90. The van der Waals surface area contributed by atoms with Gasteiger partial charge in [-0.15, -0.1) is 0 Å². The number of hydrogen-bond donors (Lipinski definition) is 2. The topological polar surface area (TPSA) is 98.0 Å². The zero-order chi connectivity index (χ0) is 30.9. The Morgan fingerprint density at radius 2 is 1.65 bits per heavy atom. The van der Waals surface area contributed by atoms with Gasteiger partial charge in [0.05, 0.1) is 10.5 Å². The molecular weight excluding hydrogens is 580 g/mol. The first kappa shape index (κ1) is 31.3. The van der Waals surface area contributed by atoms with E-state index < -0.39 is 23.6 Å². The number of hydrogen-bond acceptors (Lipinski definition) is 4. The fraction of sp³-hybridized carbons (Fsp3) is 0.212. The minimum Gasteiger partial charge on any atom is -0.490 e. The van der Waals surface area contributed by atoms with E-state index in [0.717, 1.165) is 5.56 Å². The smallest absolute Gasteiger partial charge is 0.323 e. The highest BCUT2D eigenvalue weighted by atomic mass is 35.5. The molecule has 0 saturated heterocycles. The van der Waals surface area contributed by atoms with Gasteiger partial charge < -0.3 is 24.3 Å². The van der Waals surface area contributed by atoms with Crippen molar-refractivity contribution < 1.29 is 38.1 Å². The predicted octanol–water partition coefficient (Wildman–Crippen LogP) is 7.56. The maximum Gasteiger partial charge on any atom is 0.323 e. The molecule has 0 unspecified atom stereocenters. The van der Waals surface area contributed by atoms with Crippen LogP contribution in [0.2, 0.25) is 5.02 Å². The van der Waals surface area contributed by atoms with Crippen LogP contribution in [0.4, 0.5) is 8.78 Å². The average molecular weight is 610 g/mol. The van der Waals surface area contributed by atoms with Crippen molar-refractivity contribution in [3.05, 3.63) is 106 Å².